The van der Waals surface area contributed by atoms with Gasteiger partial charge in [0.1, 0.15) is 5.54 Å². The summed E-state index contributed by atoms with van der Waals surface area (Å²) in [7, 11) is 0. The molecule has 1 fully saturated rings. The lowest BCUT2D eigenvalue weighted by Gasteiger charge is -2.38. The van der Waals surface area contributed by atoms with Crippen LogP contribution in [0, 0.1) is 6.92 Å². The first-order valence-electron chi connectivity index (χ1n) is 7.62. The van der Waals surface area contributed by atoms with Crippen molar-refractivity contribution >= 4 is 22.8 Å². The van der Waals surface area contributed by atoms with E-state index in [-0.39, 0.29) is 5.91 Å². The molecule has 1 aromatic carbocycles. The number of carbonyl (C=O) groups is 2. The van der Waals surface area contributed by atoms with Gasteiger partial charge in [0.2, 0.25) is 5.91 Å². The van der Waals surface area contributed by atoms with Crippen molar-refractivity contribution < 1.29 is 14.7 Å². The number of aromatic nitrogens is 1. The first-order chi connectivity index (χ1) is 10.5. The fourth-order valence-corrected chi connectivity index (χ4v) is 3.07. The zero-order chi connectivity index (χ0) is 15.7. The molecule has 1 amide bonds. The van der Waals surface area contributed by atoms with Crippen LogP contribution in [0.1, 0.15) is 36.8 Å². The second kappa shape index (κ2) is 5.48. The fraction of sp³-hybridized carbons (Fsp3) is 0.412. The summed E-state index contributed by atoms with van der Waals surface area (Å²) >= 11 is 0. The van der Waals surface area contributed by atoms with Crippen LogP contribution in [0.15, 0.2) is 24.4 Å². The van der Waals surface area contributed by atoms with Crippen LogP contribution < -0.4 is 5.32 Å². The molecule has 5 nitrogen and oxygen atoms in total. The molecule has 3 N–H and O–H groups in total. The molecule has 1 aliphatic carbocycles. The molecule has 0 spiro atoms. The number of amides is 1. The minimum Gasteiger partial charge on any atom is -0.480 e. The van der Waals surface area contributed by atoms with Gasteiger partial charge in [-0.05, 0) is 43.7 Å². The predicted octanol–water partition coefficient (Wildman–Crippen LogP) is 2.53. The molecule has 2 aromatic rings. The number of aromatic amines is 1. The van der Waals surface area contributed by atoms with E-state index in [0.29, 0.717) is 25.7 Å². The molecular formula is C17H20N2O3. The summed E-state index contributed by atoms with van der Waals surface area (Å²) in [4.78, 5) is 26.6. The summed E-state index contributed by atoms with van der Waals surface area (Å²) in [6, 6.07) is 6.09. The molecule has 0 unspecified atom stereocenters. The highest BCUT2D eigenvalue weighted by atomic mass is 16.4. The Bertz CT molecular complexity index is 729. The van der Waals surface area contributed by atoms with E-state index < -0.39 is 11.5 Å². The molecule has 3 rings (SSSR count). The molecule has 0 aliphatic heterocycles. The molecule has 0 bridgehead atoms. The lowest BCUT2D eigenvalue weighted by atomic mass is 9.76. The highest BCUT2D eigenvalue weighted by Gasteiger charge is 2.45. The molecule has 0 radical (unpaired) electrons. The third kappa shape index (κ3) is 2.47. The van der Waals surface area contributed by atoms with E-state index in [0.717, 1.165) is 22.9 Å². The van der Waals surface area contributed by atoms with Crippen LogP contribution in [-0.2, 0) is 16.0 Å². The van der Waals surface area contributed by atoms with Gasteiger partial charge < -0.3 is 15.4 Å². The van der Waals surface area contributed by atoms with Crippen LogP contribution >= 0.6 is 0 Å². The summed E-state index contributed by atoms with van der Waals surface area (Å²) in [6.07, 6.45) is 4.75. The second-order valence-corrected chi connectivity index (χ2v) is 6.10. The van der Waals surface area contributed by atoms with Gasteiger partial charge >= 0.3 is 5.97 Å². The molecule has 1 aromatic heterocycles. The van der Waals surface area contributed by atoms with Crippen molar-refractivity contribution in [1.82, 2.24) is 10.3 Å². The van der Waals surface area contributed by atoms with Gasteiger partial charge in [0.05, 0.1) is 0 Å². The fourth-order valence-electron chi connectivity index (χ4n) is 3.07. The van der Waals surface area contributed by atoms with Crippen molar-refractivity contribution in [3.05, 3.63) is 35.5 Å². The van der Waals surface area contributed by atoms with E-state index in [1.165, 1.54) is 5.56 Å². The number of rotatable bonds is 5. The SMILES string of the molecule is Cc1cccc2c(CCC(=O)NC3(C(=O)O)CCC3)c[nH]c12. The number of carboxylic acid groups (broad SMARTS) is 1. The third-order valence-corrected chi connectivity index (χ3v) is 4.63. The van der Waals surface area contributed by atoms with Crippen LogP contribution in [0.5, 0.6) is 0 Å². The van der Waals surface area contributed by atoms with Crippen LogP contribution in [0.4, 0.5) is 0 Å². The Kier molecular flexibility index (Phi) is 3.64. The average Bonchev–Trinajstić information content (AvgIpc) is 2.85. The molecule has 1 heterocycles. The third-order valence-electron chi connectivity index (χ3n) is 4.63. The largest absolute Gasteiger partial charge is 0.480 e. The first-order valence-corrected chi connectivity index (χ1v) is 7.62. The molecule has 1 aliphatic rings. The van der Waals surface area contributed by atoms with E-state index in [4.69, 9.17) is 0 Å². The zero-order valence-electron chi connectivity index (χ0n) is 12.6. The van der Waals surface area contributed by atoms with E-state index in [1.807, 2.05) is 31.3 Å². The normalized spacial score (nSPS) is 16.2. The minimum atomic E-state index is -1.02. The van der Waals surface area contributed by atoms with Gasteiger partial charge in [0.15, 0.2) is 0 Å². The summed E-state index contributed by atoms with van der Waals surface area (Å²) in [5, 5.41) is 13.1. The highest BCUT2D eigenvalue weighted by Crippen LogP contribution is 2.32. The Morgan fingerprint density at radius 3 is 2.77 bits per heavy atom. The summed E-state index contributed by atoms with van der Waals surface area (Å²) in [6.45, 7) is 2.04. The molecule has 5 heteroatoms. The topological polar surface area (TPSA) is 82.2 Å². The van der Waals surface area contributed by atoms with Crippen LogP contribution in [-0.4, -0.2) is 27.5 Å². The maximum atomic E-state index is 12.1. The number of hydrogen-bond acceptors (Lipinski definition) is 2. The Morgan fingerprint density at radius 1 is 1.36 bits per heavy atom. The van der Waals surface area contributed by atoms with Crippen LogP contribution in [0.2, 0.25) is 0 Å². The van der Waals surface area contributed by atoms with Gasteiger partial charge in [-0.25, -0.2) is 4.79 Å². The van der Waals surface area contributed by atoms with Gasteiger partial charge in [-0.2, -0.15) is 0 Å². The molecule has 1 saturated carbocycles. The molecule has 22 heavy (non-hydrogen) atoms. The smallest absolute Gasteiger partial charge is 0.329 e. The molecule has 116 valence electrons. The Morgan fingerprint density at radius 2 is 2.14 bits per heavy atom. The van der Waals surface area contributed by atoms with Crippen molar-refractivity contribution in [1.29, 1.82) is 0 Å². The number of carbonyl (C=O) groups excluding carboxylic acids is 1. The summed E-state index contributed by atoms with van der Waals surface area (Å²) < 4.78 is 0. The second-order valence-electron chi connectivity index (χ2n) is 6.10. The van der Waals surface area contributed by atoms with Crippen molar-refractivity contribution in [2.24, 2.45) is 0 Å². The van der Waals surface area contributed by atoms with Gasteiger partial charge in [-0.1, -0.05) is 18.2 Å². The van der Waals surface area contributed by atoms with Gasteiger partial charge in [0, 0.05) is 23.5 Å². The van der Waals surface area contributed by atoms with E-state index >= 15 is 0 Å². The van der Waals surface area contributed by atoms with E-state index in [1.54, 1.807) is 0 Å². The molecule has 0 atom stereocenters. The number of carboxylic acids is 1. The maximum absolute atomic E-state index is 12.1. The monoisotopic (exact) mass is 300 g/mol. The standard InChI is InChI=1S/C17H20N2O3/c1-11-4-2-5-13-12(10-18-15(11)13)6-7-14(20)19-17(16(21)22)8-3-9-17/h2,4-5,10,18H,3,6-9H2,1H3,(H,19,20)(H,21,22). The number of H-pyrrole nitrogens is 1. The first kappa shape index (κ1) is 14.6. The minimum absolute atomic E-state index is 0.191. The lowest BCUT2D eigenvalue weighted by Crippen LogP contribution is -2.59. The summed E-state index contributed by atoms with van der Waals surface area (Å²) in [5.74, 6) is -1.11. The van der Waals surface area contributed by atoms with Gasteiger partial charge in [-0.3, -0.25) is 4.79 Å². The molecular weight excluding hydrogens is 280 g/mol. The van der Waals surface area contributed by atoms with Crippen molar-refractivity contribution in [3.8, 4) is 0 Å². The average molecular weight is 300 g/mol. The maximum Gasteiger partial charge on any atom is 0.329 e. The van der Waals surface area contributed by atoms with Crippen molar-refractivity contribution in [3.63, 3.8) is 0 Å². The number of nitrogens with one attached hydrogen (secondary N) is 2. The Balaban J connectivity index is 1.65. The number of benzene rings is 1. The Labute approximate surface area is 128 Å². The van der Waals surface area contributed by atoms with Crippen molar-refractivity contribution in [2.75, 3.05) is 0 Å². The number of aliphatic carboxylic acids is 1. The quantitative estimate of drug-likeness (QED) is 0.793. The van der Waals surface area contributed by atoms with Gasteiger partial charge in [-0.15, -0.1) is 0 Å². The number of fused-ring (bicyclic) bond motifs is 1. The van der Waals surface area contributed by atoms with Crippen LogP contribution in [0.25, 0.3) is 10.9 Å². The Hall–Kier alpha value is -2.30. The number of aryl methyl sites for hydroxylation is 2. The number of para-hydroxylation sites is 1. The predicted molar refractivity (Wildman–Crippen MR) is 83.7 cm³/mol. The van der Waals surface area contributed by atoms with E-state index in [2.05, 4.69) is 10.3 Å². The van der Waals surface area contributed by atoms with Crippen molar-refractivity contribution in [2.45, 2.75) is 44.6 Å². The van der Waals surface area contributed by atoms with E-state index in [9.17, 15) is 14.7 Å². The van der Waals surface area contributed by atoms with Gasteiger partial charge in [0.25, 0.3) is 0 Å². The summed E-state index contributed by atoms with van der Waals surface area (Å²) in [5.41, 5.74) is 2.34. The van der Waals surface area contributed by atoms with Crippen LogP contribution in [0.3, 0.4) is 0 Å². The molecule has 0 saturated heterocycles. The number of hydrogen-bond donors (Lipinski definition) is 3. The highest BCUT2D eigenvalue weighted by molar-refractivity contribution is 5.89. The zero-order valence-corrected chi connectivity index (χ0v) is 12.6. The lowest BCUT2D eigenvalue weighted by molar-refractivity contribution is -0.151.